The van der Waals surface area contributed by atoms with Gasteiger partial charge >= 0.3 is 5.97 Å². The Morgan fingerprint density at radius 1 is 1.27 bits per heavy atom. The van der Waals surface area contributed by atoms with Gasteiger partial charge in [0, 0.05) is 13.1 Å². The zero-order chi connectivity index (χ0) is 12.3. The second-order valence-electron chi connectivity index (χ2n) is 4.75. The molecule has 0 aromatic heterocycles. The maximum Gasteiger partial charge on any atom is 0.338 e. The van der Waals surface area contributed by atoms with Crippen LogP contribution in [-0.4, -0.2) is 59.5 Å². The van der Waals surface area contributed by atoms with Gasteiger partial charge in [0.2, 0.25) is 0 Å². The molecule has 2 N–H and O–H groups in total. The number of hydrogen-bond donors (Lipinski definition) is 2. The molecule has 0 fully saturated rings. The first-order chi connectivity index (χ1) is 6.58. The van der Waals surface area contributed by atoms with Crippen LogP contribution in [0.4, 0.5) is 0 Å². The molecule has 0 aliphatic carbocycles. The Bertz CT molecular complexity index is 220. The van der Waals surface area contributed by atoms with Crippen molar-refractivity contribution in [2.45, 2.75) is 32.0 Å². The summed E-state index contributed by atoms with van der Waals surface area (Å²) in [7, 11) is 2.95. The van der Waals surface area contributed by atoms with Crippen LogP contribution in [-0.2, 0) is 9.53 Å². The van der Waals surface area contributed by atoms with Crippen molar-refractivity contribution in [2.24, 2.45) is 0 Å². The molecule has 0 spiro atoms. The summed E-state index contributed by atoms with van der Waals surface area (Å²) < 4.78 is 4.47. The molecule has 1 atom stereocenters. The van der Waals surface area contributed by atoms with E-state index in [2.05, 4.69) is 4.74 Å². The lowest BCUT2D eigenvalue weighted by Crippen LogP contribution is -2.49. The molecular weight excluding hydrogens is 198 g/mol. The van der Waals surface area contributed by atoms with E-state index in [-0.39, 0.29) is 6.54 Å². The molecule has 5 heteroatoms. The molecule has 0 saturated carbocycles. The SMILES string of the molecule is COC(=O)C(C)(O)CN(C)CC(C)(C)O. The van der Waals surface area contributed by atoms with E-state index < -0.39 is 17.2 Å². The maximum atomic E-state index is 11.2. The predicted molar refractivity (Wildman–Crippen MR) is 56.4 cm³/mol. The van der Waals surface area contributed by atoms with Gasteiger partial charge in [-0.2, -0.15) is 0 Å². The summed E-state index contributed by atoms with van der Waals surface area (Å²) in [6.45, 7) is 5.19. The normalized spacial score (nSPS) is 16.3. The zero-order valence-electron chi connectivity index (χ0n) is 10.1. The molecule has 0 radical (unpaired) electrons. The summed E-state index contributed by atoms with van der Waals surface area (Å²) in [6.07, 6.45) is 0. The number of rotatable bonds is 5. The molecule has 90 valence electrons. The fourth-order valence-electron chi connectivity index (χ4n) is 1.53. The summed E-state index contributed by atoms with van der Waals surface area (Å²) in [5, 5.41) is 19.3. The highest BCUT2D eigenvalue weighted by Gasteiger charge is 2.33. The summed E-state index contributed by atoms with van der Waals surface area (Å²) in [4.78, 5) is 12.9. The summed E-state index contributed by atoms with van der Waals surface area (Å²) in [5.74, 6) is -0.676. The molecule has 0 aliphatic heterocycles. The molecule has 0 rings (SSSR count). The van der Waals surface area contributed by atoms with Crippen molar-refractivity contribution in [1.82, 2.24) is 4.90 Å². The van der Waals surface area contributed by atoms with Gasteiger partial charge in [-0.1, -0.05) is 0 Å². The van der Waals surface area contributed by atoms with Gasteiger partial charge in [0.05, 0.1) is 12.7 Å². The van der Waals surface area contributed by atoms with E-state index in [1.165, 1.54) is 14.0 Å². The standard InChI is InChI=1S/C10H21NO4/c1-9(2,13)6-11(4)7-10(3,14)8(12)15-5/h13-14H,6-7H2,1-5H3. The van der Waals surface area contributed by atoms with Crippen LogP contribution in [0.5, 0.6) is 0 Å². The number of aliphatic hydroxyl groups is 2. The van der Waals surface area contributed by atoms with Crippen LogP contribution < -0.4 is 0 Å². The largest absolute Gasteiger partial charge is 0.467 e. The molecule has 5 nitrogen and oxygen atoms in total. The van der Waals surface area contributed by atoms with Gasteiger partial charge in [-0.15, -0.1) is 0 Å². The van der Waals surface area contributed by atoms with Gasteiger partial charge < -0.3 is 19.8 Å². The molecule has 0 aromatic rings. The number of carbonyl (C=O) groups is 1. The van der Waals surface area contributed by atoms with Crippen LogP contribution in [0.1, 0.15) is 20.8 Å². The van der Waals surface area contributed by atoms with Gasteiger partial charge in [0.15, 0.2) is 5.60 Å². The van der Waals surface area contributed by atoms with E-state index >= 15 is 0 Å². The van der Waals surface area contributed by atoms with Crippen LogP contribution >= 0.6 is 0 Å². The summed E-state index contributed by atoms with van der Waals surface area (Å²) >= 11 is 0. The first-order valence-corrected chi connectivity index (χ1v) is 4.80. The predicted octanol–water partition coefficient (Wildman–Crippen LogP) is -0.387. The van der Waals surface area contributed by atoms with Crippen molar-refractivity contribution in [3.05, 3.63) is 0 Å². The first-order valence-electron chi connectivity index (χ1n) is 4.80. The monoisotopic (exact) mass is 219 g/mol. The fourth-order valence-corrected chi connectivity index (χ4v) is 1.53. The van der Waals surface area contributed by atoms with E-state index in [1.807, 2.05) is 0 Å². The lowest BCUT2D eigenvalue weighted by Gasteiger charge is -2.30. The molecule has 0 heterocycles. The first kappa shape index (κ1) is 14.3. The third-order valence-electron chi connectivity index (χ3n) is 1.86. The van der Waals surface area contributed by atoms with E-state index in [4.69, 9.17) is 0 Å². The fraction of sp³-hybridized carbons (Fsp3) is 0.900. The highest BCUT2D eigenvalue weighted by atomic mass is 16.5. The lowest BCUT2D eigenvalue weighted by molar-refractivity contribution is -0.162. The molecule has 0 amide bonds. The van der Waals surface area contributed by atoms with Crippen molar-refractivity contribution in [2.75, 3.05) is 27.2 Å². The number of esters is 1. The molecule has 0 aliphatic rings. The van der Waals surface area contributed by atoms with Crippen molar-refractivity contribution in [1.29, 1.82) is 0 Å². The third-order valence-corrected chi connectivity index (χ3v) is 1.86. The molecule has 1 unspecified atom stereocenters. The van der Waals surface area contributed by atoms with Gasteiger partial charge in [-0.25, -0.2) is 4.79 Å². The van der Waals surface area contributed by atoms with Crippen LogP contribution in [0.3, 0.4) is 0 Å². The average Bonchev–Trinajstić information content (AvgIpc) is 1.97. The molecule has 15 heavy (non-hydrogen) atoms. The minimum absolute atomic E-state index is 0.115. The van der Waals surface area contributed by atoms with E-state index in [0.29, 0.717) is 6.54 Å². The Morgan fingerprint density at radius 3 is 2.07 bits per heavy atom. The Balaban J connectivity index is 4.28. The molecular formula is C10H21NO4. The van der Waals surface area contributed by atoms with Crippen LogP contribution in [0, 0.1) is 0 Å². The number of likely N-dealkylation sites (N-methyl/N-ethyl adjacent to an activating group) is 1. The number of methoxy groups -OCH3 is 1. The smallest absolute Gasteiger partial charge is 0.338 e. The topological polar surface area (TPSA) is 70.0 Å². The number of carbonyl (C=O) groups excluding carboxylic acids is 1. The van der Waals surface area contributed by atoms with Gasteiger partial charge in [-0.3, -0.25) is 0 Å². The second-order valence-corrected chi connectivity index (χ2v) is 4.75. The molecule has 0 bridgehead atoms. The molecule has 0 aromatic carbocycles. The van der Waals surface area contributed by atoms with E-state index in [1.54, 1.807) is 25.8 Å². The van der Waals surface area contributed by atoms with Crippen LogP contribution in [0.25, 0.3) is 0 Å². The van der Waals surface area contributed by atoms with Crippen molar-refractivity contribution in [3.63, 3.8) is 0 Å². The molecule has 0 saturated heterocycles. The second kappa shape index (κ2) is 4.92. The Kier molecular flexibility index (Phi) is 4.70. The van der Waals surface area contributed by atoms with Crippen molar-refractivity contribution < 1.29 is 19.7 Å². The minimum atomic E-state index is -1.55. The number of ether oxygens (including phenoxy) is 1. The summed E-state index contributed by atoms with van der Waals surface area (Å²) in [6, 6.07) is 0. The van der Waals surface area contributed by atoms with Gasteiger partial charge in [0.1, 0.15) is 0 Å². The summed E-state index contributed by atoms with van der Waals surface area (Å²) in [5.41, 5.74) is -2.41. The van der Waals surface area contributed by atoms with Gasteiger partial charge in [0.25, 0.3) is 0 Å². The number of hydrogen-bond acceptors (Lipinski definition) is 5. The van der Waals surface area contributed by atoms with Gasteiger partial charge in [-0.05, 0) is 27.8 Å². The highest BCUT2D eigenvalue weighted by molar-refractivity contribution is 5.78. The Hall–Kier alpha value is -0.650. The van der Waals surface area contributed by atoms with Crippen molar-refractivity contribution >= 4 is 5.97 Å². The van der Waals surface area contributed by atoms with Crippen molar-refractivity contribution in [3.8, 4) is 0 Å². The lowest BCUT2D eigenvalue weighted by atomic mass is 10.1. The maximum absolute atomic E-state index is 11.2. The zero-order valence-corrected chi connectivity index (χ0v) is 10.1. The van der Waals surface area contributed by atoms with Crippen LogP contribution in [0.15, 0.2) is 0 Å². The average molecular weight is 219 g/mol. The van der Waals surface area contributed by atoms with Crippen LogP contribution in [0.2, 0.25) is 0 Å². The highest BCUT2D eigenvalue weighted by Crippen LogP contribution is 2.10. The third kappa shape index (κ3) is 5.71. The quantitative estimate of drug-likeness (QED) is 0.616. The Morgan fingerprint density at radius 2 is 1.73 bits per heavy atom. The minimum Gasteiger partial charge on any atom is -0.467 e. The van der Waals surface area contributed by atoms with E-state index in [9.17, 15) is 15.0 Å². The van der Waals surface area contributed by atoms with E-state index in [0.717, 1.165) is 0 Å². The number of nitrogens with zero attached hydrogens (tertiary/aromatic N) is 1. The Labute approximate surface area is 90.6 Å².